The summed E-state index contributed by atoms with van der Waals surface area (Å²) in [6, 6.07) is 0.750. The molecule has 0 aromatic carbocycles. The van der Waals surface area contributed by atoms with Crippen molar-refractivity contribution < 1.29 is 4.42 Å². The summed E-state index contributed by atoms with van der Waals surface area (Å²) in [5, 5.41) is 3.26. The number of anilines is 1. The monoisotopic (exact) mass is 282 g/mol. The van der Waals surface area contributed by atoms with E-state index in [2.05, 4.69) is 47.8 Å². The van der Waals surface area contributed by atoms with Gasteiger partial charge >= 0.3 is 0 Å². The van der Waals surface area contributed by atoms with Gasteiger partial charge in [0.05, 0.1) is 5.69 Å². The van der Waals surface area contributed by atoms with Gasteiger partial charge in [-0.05, 0) is 39.5 Å². The summed E-state index contributed by atoms with van der Waals surface area (Å²) in [5.41, 5.74) is 0.976. The van der Waals surface area contributed by atoms with Gasteiger partial charge in [-0.1, -0.05) is 20.8 Å². The maximum Gasteiger partial charge on any atom is 0.297 e. The number of hydrogen-bond donors (Lipinski definition) is 1. The Morgan fingerprint density at radius 1 is 1.10 bits per heavy atom. The molecule has 0 amide bonds. The number of hydrogen-bond acceptors (Lipinski definition) is 5. The first-order valence-electron chi connectivity index (χ1n) is 7.87. The summed E-state index contributed by atoms with van der Waals surface area (Å²) in [5.74, 6) is 0. The van der Waals surface area contributed by atoms with E-state index in [1.807, 2.05) is 0 Å². The van der Waals surface area contributed by atoms with Crippen LogP contribution >= 0.6 is 0 Å². The number of oxazole rings is 1. The summed E-state index contributed by atoms with van der Waals surface area (Å²) in [6.45, 7) is 15.7. The maximum atomic E-state index is 5.59. The van der Waals surface area contributed by atoms with E-state index in [4.69, 9.17) is 4.42 Å². The number of nitrogens with zero attached hydrogens (tertiary/aromatic N) is 3. The first-order valence-corrected chi connectivity index (χ1v) is 7.87. The van der Waals surface area contributed by atoms with Gasteiger partial charge in [0.15, 0.2) is 0 Å². The Labute approximate surface area is 123 Å². The molecule has 0 saturated heterocycles. The summed E-state index contributed by atoms with van der Waals surface area (Å²) in [7, 11) is 0. The Kier molecular flexibility index (Phi) is 8.30. The molecule has 20 heavy (non-hydrogen) atoms. The molecule has 0 unspecified atom stereocenters. The molecule has 0 fully saturated rings. The standard InChI is InChI=1S/C15H30N4O/c1-5-16-12-14-13-20-15(17-14)19(8-4)11-9-10-18(6-2)7-3/h13,16H,5-12H2,1-4H3. The molecule has 0 bridgehead atoms. The lowest BCUT2D eigenvalue weighted by molar-refractivity contribution is 0.300. The van der Waals surface area contributed by atoms with Crippen LogP contribution in [0.2, 0.25) is 0 Å². The Bertz CT molecular complexity index is 349. The van der Waals surface area contributed by atoms with Crippen LogP contribution in [-0.4, -0.2) is 49.2 Å². The second-order valence-corrected chi connectivity index (χ2v) is 4.86. The van der Waals surface area contributed by atoms with Crippen LogP contribution in [-0.2, 0) is 6.54 Å². The molecule has 0 saturated carbocycles. The molecule has 1 aromatic heterocycles. The molecule has 1 rings (SSSR count). The second kappa shape index (κ2) is 9.77. The van der Waals surface area contributed by atoms with E-state index in [0.717, 1.165) is 63.9 Å². The average molecular weight is 282 g/mol. The minimum absolute atomic E-state index is 0.750. The molecule has 116 valence electrons. The van der Waals surface area contributed by atoms with Crippen molar-refractivity contribution >= 4 is 6.01 Å². The van der Waals surface area contributed by atoms with Gasteiger partial charge in [0.2, 0.25) is 0 Å². The lowest BCUT2D eigenvalue weighted by Gasteiger charge is -2.22. The first-order chi connectivity index (χ1) is 9.74. The molecule has 5 nitrogen and oxygen atoms in total. The van der Waals surface area contributed by atoms with Crippen molar-refractivity contribution in [3.63, 3.8) is 0 Å². The van der Waals surface area contributed by atoms with Gasteiger partial charge < -0.3 is 19.5 Å². The van der Waals surface area contributed by atoms with Crippen LogP contribution in [0.5, 0.6) is 0 Å². The fourth-order valence-electron chi connectivity index (χ4n) is 2.19. The number of rotatable bonds is 11. The molecule has 0 radical (unpaired) electrons. The van der Waals surface area contributed by atoms with Gasteiger partial charge in [0, 0.05) is 19.6 Å². The van der Waals surface area contributed by atoms with Gasteiger partial charge in [-0.15, -0.1) is 0 Å². The van der Waals surface area contributed by atoms with E-state index < -0.39 is 0 Å². The highest BCUT2D eigenvalue weighted by molar-refractivity contribution is 5.26. The van der Waals surface area contributed by atoms with Crippen molar-refractivity contribution in [1.82, 2.24) is 15.2 Å². The Balaban J connectivity index is 2.43. The maximum absolute atomic E-state index is 5.59. The predicted octanol–water partition coefficient (Wildman–Crippen LogP) is 2.34. The third-order valence-electron chi connectivity index (χ3n) is 3.54. The molecule has 1 heterocycles. The van der Waals surface area contributed by atoms with Crippen molar-refractivity contribution in [3.8, 4) is 0 Å². The molecule has 1 aromatic rings. The van der Waals surface area contributed by atoms with Crippen LogP contribution in [0.4, 0.5) is 6.01 Å². The van der Waals surface area contributed by atoms with Gasteiger partial charge in [0.1, 0.15) is 6.26 Å². The van der Waals surface area contributed by atoms with Crippen molar-refractivity contribution in [2.24, 2.45) is 0 Å². The van der Waals surface area contributed by atoms with Crippen LogP contribution in [0.3, 0.4) is 0 Å². The van der Waals surface area contributed by atoms with E-state index in [0.29, 0.717) is 0 Å². The zero-order valence-corrected chi connectivity index (χ0v) is 13.5. The highest BCUT2D eigenvalue weighted by Gasteiger charge is 2.11. The van der Waals surface area contributed by atoms with E-state index in [1.54, 1.807) is 6.26 Å². The van der Waals surface area contributed by atoms with E-state index in [-0.39, 0.29) is 0 Å². The number of aromatic nitrogens is 1. The Hall–Kier alpha value is -1.07. The third kappa shape index (κ3) is 5.51. The topological polar surface area (TPSA) is 44.5 Å². The van der Waals surface area contributed by atoms with Crippen LogP contribution in [0.25, 0.3) is 0 Å². The predicted molar refractivity (Wildman–Crippen MR) is 84.2 cm³/mol. The smallest absolute Gasteiger partial charge is 0.297 e. The highest BCUT2D eigenvalue weighted by Crippen LogP contribution is 2.13. The summed E-state index contributed by atoms with van der Waals surface area (Å²) < 4.78 is 5.59. The number of nitrogens with one attached hydrogen (secondary N) is 1. The first kappa shape index (κ1) is 17.0. The molecule has 0 atom stereocenters. The van der Waals surface area contributed by atoms with Crippen molar-refractivity contribution in [2.45, 2.75) is 40.7 Å². The fourth-order valence-corrected chi connectivity index (χ4v) is 2.19. The molecule has 0 aliphatic carbocycles. The quantitative estimate of drug-likeness (QED) is 0.675. The van der Waals surface area contributed by atoms with Crippen molar-refractivity contribution in [2.75, 3.05) is 44.2 Å². The molecule has 0 aliphatic heterocycles. The minimum Gasteiger partial charge on any atom is -0.432 e. The average Bonchev–Trinajstić information content (AvgIpc) is 2.94. The Morgan fingerprint density at radius 2 is 1.85 bits per heavy atom. The third-order valence-corrected chi connectivity index (χ3v) is 3.54. The molecular weight excluding hydrogens is 252 g/mol. The van der Waals surface area contributed by atoms with E-state index in [9.17, 15) is 0 Å². The van der Waals surface area contributed by atoms with E-state index >= 15 is 0 Å². The van der Waals surface area contributed by atoms with Crippen LogP contribution in [0, 0.1) is 0 Å². The minimum atomic E-state index is 0.750. The van der Waals surface area contributed by atoms with Crippen LogP contribution < -0.4 is 10.2 Å². The van der Waals surface area contributed by atoms with E-state index in [1.165, 1.54) is 0 Å². The Morgan fingerprint density at radius 3 is 2.45 bits per heavy atom. The van der Waals surface area contributed by atoms with Gasteiger partial charge in [-0.2, -0.15) is 4.98 Å². The second-order valence-electron chi connectivity index (χ2n) is 4.86. The normalized spacial score (nSPS) is 11.2. The highest BCUT2D eigenvalue weighted by atomic mass is 16.4. The summed E-state index contributed by atoms with van der Waals surface area (Å²) >= 11 is 0. The fraction of sp³-hybridized carbons (Fsp3) is 0.800. The van der Waals surface area contributed by atoms with Crippen molar-refractivity contribution in [3.05, 3.63) is 12.0 Å². The SMILES string of the molecule is CCNCc1coc(N(CC)CCCN(CC)CC)n1. The molecule has 0 aliphatic rings. The lowest BCUT2D eigenvalue weighted by Crippen LogP contribution is -2.30. The molecule has 0 spiro atoms. The molecule has 1 N–H and O–H groups in total. The van der Waals surface area contributed by atoms with Gasteiger partial charge in [-0.3, -0.25) is 0 Å². The van der Waals surface area contributed by atoms with Crippen LogP contribution in [0.1, 0.15) is 39.8 Å². The summed E-state index contributed by atoms with van der Waals surface area (Å²) in [4.78, 5) is 9.19. The molecule has 5 heteroatoms. The summed E-state index contributed by atoms with van der Waals surface area (Å²) in [6.07, 6.45) is 2.89. The van der Waals surface area contributed by atoms with Crippen LogP contribution in [0.15, 0.2) is 10.7 Å². The largest absolute Gasteiger partial charge is 0.432 e. The van der Waals surface area contributed by atoms with Gasteiger partial charge in [0.25, 0.3) is 6.01 Å². The van der Waals surface area contributed by atoms with Gasteiger partial charge in [-0.25, -0.2) is 0 Å². The lowest BCUT2D eigenvalue weighted by atomic mass is 10.3. The zero-order valence-electron chi connectivity index (χ0n) is 13.5. The molecular formula is C15H30N4O. The zero-order chi connectivity index (χ0) is 14.8. The van der Waals surface area contributed by atoms with Crippen molar-refractivity contribution in [1.29, 1.82) is 0 Å².